The molecule has 218 valence electrons. The van der Waals surface area contributed by atoms with Gasteiger partial charge in [-0.15, -0.1) is 0 Å². The second-order valence-electron chi connectivity index (χ2n) is 9.11. The summed E-state index contributed by atoms with van der Waals surface area (Å²) in [4.78, 5) is 0. The van der Waals surface area contributed by atoms with Crippen molar-refractivity contribution < 1.29 is 44.3 Å². The average molecular weight is 593 g/mol. The van der Waals surface area contributed by atoms with Crippen molar-refractivity contribution in [3.63, 3.8) is 0 Å². The van der Waals surface area contributed by atoms with E-state index in [0.717, 1.165) is 48.5 Å². The van der Waals surface area contributed by atoms with Crippen molar-refractivity contribution in [1.82, 2.24) is 0 Å². The Morgan fingerprint density at radius 2 is 1.29 bits per heavy atom. The van der Waals surface area contributed by atoms with Gasteiger partial charge in [-0.1, -0.05) is 36.4 Å². The fraction of sp³-hybridized carbons (Fsp3) is 0.125. The lowest BCUT2D eigenvalue weighted by atomic mass is 9.99. The van der Waals surface area contributed by atoms with Gasteiger partial charge in [0.25, 0.3) is 0 Å². The van der Waals surface area contributed by atoms with Crippen LogP contribution in [-0.2, 0) is 6.11 Å². The Bertz CT molecular complexity index is 1630. The van der Waals surface area contributed by atoms with Crippen LogP contribution in [0.4, 0.5) is 39.5 Å². The maximum absolute atomic E-state index is 14.9. The molecule has 0 fully saturated rings. The first-order valence-corrected chi connectivity index (χ1v) is 12.5. The predicted molar refractivity (Wildman–Crippen MR) is 141 cm³/mol. The van der Waals surface area contributed by atoms with Crippen molar-refractivity contribution in [1.29, 1.82) is 0 Å². The van der Waals surface area contributed by atoms with Crippen LogP contribution in [0.1, 0.15) is 30.9 Å². The molecular formula is C32H21F9O. The summed E-state index contributed by atoms with van der Waals surface area (Å²) < 4.78 is 132. The minimum Gasteiger partial charge on any atom is -0.429 e. The van der Waals surface area contributed by atoms with E-state index in [4.69, 9.17) is 0 Å². The van der Waals surface area contributed by atoms with Crippen LogP contribution in [0.5, 0.6) is 5.75 Å². The molecule has 0 aliphatic carbocycles. The molecule has 0 amide bonds. The van der Waals surface area contributed by atoms with Gasteiger partial charge in [-0.3, -0.25) is 0 Å². The van der Waals surface area contributed by atoms with Gasteiger partial charge in [-0.25, -0.2) is 30.7 Å². The molecule has 10 heteroatoms. The van der Waals surface area contributed by atoms with Gasteiger partial charge < -0.3 is 4.74 Å². The smallest absolute Gasteiger partial charge is 0.426 e. The third-order valence-corrected chi connectivity index (χ3v) is 6.24. The van der Waals surface area contributed by atoms with Gasteiger partial charge in [-0.2, -0.15) is 8.78 Å². The summed E-state index contributed by atoms with van der Waals surface area (Å²) in [6.45, 7) is 1.73. The Kier molecular flexibility index (Phi) is 9.14. The monoisotopic (exact) mass is 592 g/mol. The lowest BCUT2D eigenvalue weighted by Gasteiger charge is -2.19. The van der Waals surface area contributed by atoms with Gasteiger partial charge in [0.15, 0.2) is 23.3 Å². The molecule has 42 heavy (non-hydrogen) atoms. The molecule has 0 spiro atoms. The van der Waals surface area contributed by atoms with E-state index in [2.05, 4.69) is 4.74 Å². The van der Waals surface area contributed by atoms with E-state index in [9.17, 15) is 39.5 Å². The van der Waals surface area contributed by atoms with Crippen molar-refractivity contribution in [2.75, 3.05) is 0 Å². The third kappa shape index (κ3) is 6.70. The summed E-state index contributed by atoms with van der Waals surface area (Å²) in [6.07, 6.45) is -0.564. The maximum atomic E-state index is 14.9. The third-order valence-electron chi connectivity index (χ3n) is 6.24. The van der Waals surface area contributed by atoms with Gasteiger partial charge in [0.1, 0.15) is 23.2 Å². The SMILES string of the molecule is CC=CCCC(F)=C(F)c1ccc(C(F)(F)Oc2ccc(-c3ccc(-c4cc(F)c(F)c(F)c4)c(F)c3)c(F)c2)cc1. The first kappa shape index (κ1) is 30.5. The Morgan fingerprint density at radius 1 is 0.714 bits per heavy atom. The zero-order valence-corrected chi connectivity index (χ0v) is 21.8. The Morgan fingerprint density at radius 3 is 1.88 bits per heavy atom. The molecule has 0 aliphatic heterocycles. The molecule has 4 rings (SSSR count). The van der Waals surface area contributed by atoms with E-state index in [1.165, 1.54) is 6.07 Å². The van der Waals surface area contributed by atoms with E-state index in [0.29, 0.717) is 18.2 Å². The summed E-state index contributed by atoms with van der Waals surface area (Å²) in [6, 6.07) is 10.8. The van der Waals surface area contributed by atoms with Crippen LogP contribution in [0.25, 0.3) is 28.1 Å². The van der Waals surface area contributed by atoms with Crippen LogP contribution in [0, 0.1) is 29.1 Å². The quantitative estimate of drug-likeness (QED) is 0.107. The molecule has 4 aromatic rings. The maximum Gasteiger partial charge on any atom is 0.426 e. The lowest BCUT2D eigenvalue weighted by Crippen LogP contribution is -2.21. The van der Waals surface area contributed by atoms with Crippen molar-refractivity contribution >= 4 is 5.83 Å². The number of alkyl halides is 2. The highest BCUT2D eigenvalue weighted by Crippen LogP contribution is 2.36. The predicted octanol–water partition coefficient (Wildman–Crippen LogP) is 10.8. The summed E-state index contributed by atoms with van der Waals surface area (Å²) in [5, 5.41) is 0. The fourth-order valence-electron chi connectivity index (χ4n) is 4.08. The number of hydrogen-bond donors (Lipinski definition) is 0. The molecular weight excluding hydrogens is 571 g/mol. The molecule has 0 heterocycles. The highest BCUT2D eigenvalue weighted by molar-refractivity contribution is 5.72. The van der Waals surface area contributed by atoms with E-state index < -0.39 is 58.2 Å². The normalized spacial score (nSPS) is 12.5. The minimum atomic E-state index is -3.98. The average Bonchev–Trinajstić information content (AvgIpc) is 2.95. The van der Waals surface area contributed by atoms with Crippen LogP contribution in [0.15, 0.2) is 90.8 Å². The number of ether oxygens (including phenoxy) is 1. The van der Waals surface area contributed by atoms with Crippen LogP contribution in [0.3, 0.4) is 0 Å². The van der Waals surface area contributed by atoms with Crippen molar-refractivity contribution in [3.05, 3.63) is 131 Å². The topological polar surface area (TPSA) is 9.23 Å². The highest BCUT2D eigenvalue weighted by Gasteiger charge is 2.35. The second-order valence-corrected chi connectivity index (χ2v) is 9.11. The number of allylic oxidation sites excluding steroid dienone is 3. The second kappa shape index (κ2) is 12.6. The number of benzene rings is 4. The lowest BCUT2D eigenvalue weighted by molar-refractivity contribution is -0.185. The minimum absolute atomic E-state index is 0.0289. The highest BCUT2D eigenvalue weighted by atomic mass is 19.3. The van der Waals surface area contributed by atoms with E-state index in [-0.39, 0.29) is 40.7 Å². The molecule has 0 N–H and O–H groups in total. The first-order valence-electron chi connectivity index (χ1n) is 12.5. The van der Waals surface area contributed by atoms with Crippen molar-refractivity contribution in [2.45, 2.75) is 25.9 Å². The summed E-state index contributed by atoms with van der Waals surface area (Å²) in [5.41, 5.74) is -1.74. The van der Waals surface area contributed by atoms with Crippen LogP contribution < -0.4 is 4.74 Å². The zero-order valence-electron chi connectivity index (χ0n) is 21.8. The molecule has 0 radical (unpaired) electrons. The first-order chi connectivity index (χ1) is 19.9. The van der Waals surface area contributed by atoms with E-state index in [1.54, 1.807) is 19.1 Å². The number of halogens is 9. The van der Waals surface area contributed by atoms with Crippen LogP contribution in [0.2, 0.25) is 0 Å². The van der Waals surface area contributed by atoms with E-state index in [1.807, 2.05) is 0 Å². The van der Waals surface area contributed by atoms with Gasteiger partial charge in [0, 0.05) is 29.2 Å². The molecule has 0 aromatic heterocycles. The van der Waals surface area contributed by atoms with Gasteiger partial charge in [0.05, 0.1) is 5.56 Å². The standard InChI is InChI=1S/C32H21F9O/c1-2-3-4-5-25(33)30(38)18-6-9-21(10-7-18)32(40,41)42-22-11-13-23(27(35)17-22)19-8-12-24(26(34)14-19)20-15-28(36)31(39)29(37)16-20/h2-3,6-17H,4-5H2,1H3. The molecule has 0 atom stereocenters. The molecule has 4 aromatic carbocycles. The fourth-order valence-corrected chi connectivity index (χ4v) is 4.08. The van der Waals surface area contributed by atoms with E-state index >= 15 is 0 Å². The van der Waals surface area contributed by atoms with Gasteiger partial charge in [0.2, 0.25) is 0 Å². The number of rotatable bonds is 9. The summed E-state index contributed by atoms with van der Waals surface area (Å²) >= 11 is 0. The van der Waals surface area contributed by atoms with Crippen LogP contribution >= 0.6 is 0 Å². The molecule has 0 unspecified atom stereocenters. The van der Waals surface area contributed by atoms with Crippen molar-refractivity contribution in [2.24, 2.45) is 0 Å². The largest absolute Gasteiger partial charge is 0.429 e. The summed E-state index contributed by atoms with van der Waals surface area (Å²) in [5.74, 6) is -9.58. The van der Waals surface area contributed by atoms with Gasteiger partial charge >= 0.3 is 6.11 Å². The molecule has 0 saturated heterocycles. The summed E-state index contributed by atoms with van der Waals surface area (Å²) in [7, 11) is 0. The Labute approximate surface area is 235 Å². The molecule has 0 bridgehead atoms. The Hall–Kier alpha value is -4.47. The van der Waals surface area contributed by atoms with Crippen molar-refractivity contribution in [3.8, 4) is 28.0 Å². The molecule has 1 nitrogen and oxygen atoms in total. The van der Waals surface area contributed by atoms with Crippen LogP contribution in [-0.4, -0.2) is 0 Å². The Balaban J connectivity index is 1.52. The van der Waals surface area contributed by atoms with Gasteiger partial charge in [-0.05, 0) is 66.9 Å². The zero-order chi connectivity index (χ0) is 30.6. The number of hydrogen-bond acceptors (Lipinski definition) is 1. The molecule has 0 saturated carbocycles. The molecule has 0 aliphatic rings.